The molecule has 0 bridgehead atoms. The van der Waals surface area contributed by atoms with Crippen molar-refractivity contribution in [3.8, 4) is 0 Å². The van der Waals surface area contributed by atoms with Crippen LogP contribution in [-0.4, -0.2) is 34.6 Å². The summed E-state index contributed by atoms with van der Waals surface area (Å²) in [6.45, 7) is 2.03. The van der Waals surface area contributed by atoms with E-state index in [-0.39, 0.29) is 17.3 Å². The summed E-state index contributed by atoms with van der Waals surface area (Å²) in [6, 6.07) is 2.07. The Balaban J connectivity index is 3.10. The molecule has 6 heteroatoms. The van der Waals surface area contributed by atoms with E-state index in [1.54, 1.807) is 6.92 Å². The number of hydrogen-bond acceptors (Lipinski definition) is 4. The molecule has 0 saturated carbocycles. The second kappa shape index (κ2) is 4.70. The molecule has 0 amide bonds. The van der Waals surface area contributed by atoms with Crippen molar-refractivity contribution in [1.82, 2.24) is 9.78 Å². The number of carbonyl (C=O) groups is 1. The zero-order valence-corrected chi connectivity index (χ0v) is 8.51. The molecule has 82 valence electrons. The van der Waals surface area contributed by atoms with Gasteiger partial charge in [0.25, 0.3) is 5.56 Å². The van der Waals surface area contributed by atoms with Crippen molar-refractivity contribution in [2.45, 2.75) is 13.0 Å². The van der Waals surface area contributed by atoms with Gasteiger partial charge in [0, 0.05) is 13.2 Å². The summed E-state index contributed by atoms with van der Waals surface area (Å²) in [7, 11) is 1.50. The zero-order chi connectivity index (χ0) is 11.4. The molecule has 0 aromatic carbocycles. The van der Waals surface area contributed by atoms with Crippen molar-refractivity contribution >= 4 is 5.97 Å². The van der Waals surface area contributed by atoms with Gasteiger partial charge in [-0.1, -0.05) is 0 Å². The fraction of sp³-hybridized carbons (Fsp3) is 0.444. The third-order valence-electron chi connectivity index (χ3n) is 1.87. The van der Waals surface area contributed by atoms with Crippen LogP contribution >= 0.6 is 0 Å². The first kappa shape index (κ1) is 11.4. The number of hydrogen-bond donors (Lipinski definition) is 1. The Morgan fingerprint density at radius 2 is 2.33 bits per heavy atom. The number of carboxylic acids is 1. The second-order valence-electron chi connectivity index (χ2n) is 3.11. The SMILES string of the molecule is COCC(C)n1nc(C(=O)O)ccc1=O. The van der Waals surface area contributed by atoms with E-state index in [4.69, 9.17) is 9.84 Å². The molecule has 0 radical (unpaired) electrons. The first-order valence-corrected chi connectivity index (χ1v) is 4.38. The largest absolute Gasteiger partial charge is 0.476 e. The van der Waals surface area contributed by atoms with Crippen LogP contribution in [0.2, 0.25) is 0 Å². The molecule has 15 heavy (non-hydrogen) atoms. The third-order valence-corrected chi connectivity index (χ3v) is 1.87. The highest BCUT2D eigenvalue weighted by molar-refractivity contribution is 5.84. The molecule has 1 heterocycles. The van der Waals surface area contributed by atoms with Gasteiger partial charge in [0.15, 0.2) is 5.69 Å². The Kier molecular flexibility index (Phi) is 3.56. The fourth-order valence-corrected chi connectivity index (χ4v) is 1.17. The summed E-state index contributed by atoms with van der Waals surface area (Å²) >= 11 is 0. The Morgan fingerprint density at radius 1 is 1.67 bits per heavy atom. The van der Waals surface area contributed by atoms with E-state index < -0.39 is 5.97 Å². The summed E-state index contributed by atoms with van der Waals surface area (Å²) in [5.74, 6) is -1.16. The first-order chi connectivity index (χ1) is 7.06. The normalized spacial score (nSPS) is 12.4. The molecular weight excluding hydrogens is 200 g/mol. The van der Waals surface area contributed by atoms with Gasteiger partial charge in [-0.15, -0.1) is 0 Å². The third kappa shape index (κ3) is 2.63. The van der Waals surface area contributed by atoms with Gasteiger partial charge in [-0.2, -0.15) is 5.10 Å². The van der Waals surface area contributed by atoms with Crippen molar-refractivity contribution in [2.24, 2.45) is 0 Å². The minimum atomic E-state index is -1.16. The van der Waals surface area contributed by atoms with Crippen LogP contribution in [0.15, 0.2) is 16.9 Å². The van der Waals surface area contributed by atoms with Crippen molar-refractivity contribution in [3.05, 3.63) is 28.2 Å². The van der Waals surface area contributed by atoms with Gasteiger partial charge in [0.05, 0.1) is 12.6 Å². The van der Waals surface area contributed by atoms with Crippen LogP contribution in [0, 0.1) is 0 Å². The van der Waals surface area contributed by atoms with Crippen LogP contribution < -0.4 is 5.56 Å². The smallest absolute Gasteiger partial charge is 0.356 e. The predicted octanol–water partition coefficient (Wildman–Crippen LogP) is 0.149. The van der Waals surface area contributed by atoms with Crippen molar-refractivity contribution < 1.29 is 14.6 Å². The molecule has 0 fully saturated rings. The number of ether oxygens (including phenoxy) is 1. The Labute approximate surface area is 86.1 Å². The number of aromatic carboxylic acids is 1. The maximum atomic E-state index is 11.4. The fourth-order valence-electron chi connectivity index (χ4n) is 1.17. The van der Waals surface area contributed by atoms with E-state index in [0.29, 0.717) is 6.61 Å². The average Bonchev–Trinajstić information content (AvgIpc) is 2.18. The van der Waals surface area contributed by atoms with E-state index in [1.807, 2.05) is 0 Å². The van der Waals surface area contributed by atoms with Crippen molar-refractivity contribution in [2.75, 3.05) is 13.7 Å². The summed E-state index contributed by atoms with van der Waals surface area (Å²) in [6.07, 6.45) is 0. The summed E-state index contributed by atoms with van der Waals surface area (Å²) in [4.78, 5) is 22.0. The Hall–Kier alpha value is -1.69. The topological polar surface area (TPSA) is 81.4 Å². The number of nitrogens with zero attached hydrogens (tertiary/aromatic N) is 2. The lowest BCUT2D eigenvalue weighted by molar-refractivity contribution is 0.0685. The van der Waals surface area contributed by atoms with Gasteiger partial charge in [-0.3, -0.25) is 4.79 Å². The molecular formula is C9H12N2O4. The summed E-state index contributed by atoms with van der Waals surface area (Å²) in [5, 5.41) is 12.4. The standard InChI is InChI=1S/C9H12N2O4/c1-6(5-15-2)11-8(12)4-3-7(10-11)9(13)14/h3-4,6H,5H2,1-2H3,(H,13,14). The highest BCUT2D eigenvalue weighted by Crippen LogP contribution is 2.00. The second-order valence-corrected chi connectivity index (χ2v) is 3.11. The van der Waals surface area contributed by atoms with E-state index in [9.17, 15) is 9.59 Å². The van der Waals surface area contributed by atoms with E-state index in [1.165, 1.54) is 19.2 Å². The number of aromatic nitrogens is 2. The number of carboxylic acid groups (broad SMARTS) is 1. The van der Waals surface area contributed by atoms with Crippen LogP contribution in [-0.2, 0) is 4.74 Å². The Bertz CT molecular complexity index is 413. The van der Waals surface area contributed by atoms with Crippen LogP contribution in [0.1, 0.15) is 23.5 Å². The van der Waals surface area contributed by atoms with Gasteiger partial charge >= 0.3 is 5.97 Å². The van der Waals surface area contributed by atoms with Crippen molar-refractivity contribution in [1.29, 1.82) is 0 Å². The van der Waals surface area contributed by atoms with Crippen LogP contribution in [0.3, 0.4) is 0 Å². The van der Waals surface area contributed by atoms with Gasteiger partial charge < -0.3 is 9.84 Å². The lowest BCUT2D eigenvalue weighted by Crippen LogP contribution is -2.29. The first-order valence-electron chi connectivity index (χ1n) is 4.38. The average molecular weight is 212 g/mol. The summed E-state index contributed by atoms with van der Waals surface area (Å²) < 4.78 is 5.97. The lowest BCUT2D eigenvalue weighted by Gasteiger charge is -2.12. The minimum Gasteiger partial charge on any atom is -0.476 e. The molecule has 1 aromatic rings. The Morgan fingerprint density at radius 3 is 2.87 bits per heavy atom. The molecule has 0 aliphatic carbocycles. The maximum Gasteiger partial charge on any atom is 0.356 e. The molecule has 6 nitrogen and oxygen atoms in total. The number of methoxy groups -OCH3 is 1. The minimum absolute atomic E-state index is 0.155. The van der Waals surface area contributed by atoms with Gasteiger partial charge in [-0.25, -0.2) is 9.48 Å². The molecule has 0 aliphatic heterocycles. The molecule has 1 unspecified atom stereocenters. The molecule has 0 spiro atoms. The molecule has 1 aromatic heterocycles. The monoisotopic (exact) mass is 212 g/mol. The van der Waals surface area contributed by atoms with E-state index >= 15 is 0 Å². The molecule has 0 saturated heterocycles. The quantitative estimate of drug-likeness (QED) is 0.768. The molecule has 1 N–H and O–H groups in total. The van der Waals surface area contributed by atoms with Crippen molar-refractivity contribution in [3.63, 3.8) is 0 Å². The van der Waals surface area contributed by atoms with E-state index in [2.05, 4.69) is 5.10 Å². The predicted molar refractivity (Wildman–Crippen MR) is 52.0 cm³/mol. The maximum absolute atomic E-state index is 11.4. The highest BCUT2D eigenvalue weighted by Gasteiger charge is 2.11. The molecule has 1 atom stereocenters. The highest BCUT2D eigenvalue weighted by atomic mass is 16.5. The van der Waals surface area contributed by atoms with Crippen LogP contribution in [0.25, 0.3) is 0 Å². The van der Waals surface area contributed by atoms with Crippen LogP contribution in [0.4, 0.5) is 0 Å². The zero-order valence-electron chi connectivity index (χ0n) is 8.51. The number of rotatable bonds is 4. The summed E-state index contributed by atoms with van der Waals surface area (Å²) in [5.41, 5.74) is -0.498. The van der Waals surface area contributed by atoms with Gasteiger partial charge in [0.1, 0.15) is 0 Å². The molecule has 0 aliphatic rings. The van der Waals surface area contributed by atoms with Crippen LogP contribution in [0.5, 0.6) is 0 Å². The van der Waals surface area contributed by atoms with Gasteiger partial charge in [0.2, 0.25) is 0 Å². The van der Waals surface area contributed by atoms with E-state index in [0.717, 1.165) is 4.68 Å². The van der Waals surface area contributed by atoms with Gasteiger partial charge in [-0.05, 0) is 13.0 Å². The lowest BCUT2D eigenvalue weighted by atomic mass is 10.3. The molecule has 1 rings (SSSR count).